The summed E-state index contributed by atoms with van der Waals surface area (Å²) in [5, 5.41) is 3.75. The molecule has 0 aromatic rings. The Bertz CT molecular complexity index is 1000. The zero-order valence-electron chi connectivity index (χ0n) is 30.6. The van der Waals surface area contributed by atoms with E-state index in [1.807, 2.05) is 4.90 Å². The molecule has 7 atom stereocenters. The lowest BCUT2D eigenvalue weighted by Crippen LogP contribution is -2.65. The second kappa shape index (κ2) is 16.0. The van der Waals surface area contributed by atoms with Gasteiger partial charge in [-0.3, -0.25) is 4.79 Å². The van der Waals surface area contributed by atoms with Crippen LogP contribution in [0, 0.1) is 23.2 Å². The van der Waals surface area contributed by atoms with Gasteiger partial charge in [0.1, 0.15) is 13.9 Å². The highest BCUT2D eigenvalue weighted by Gasteiger charge is 2.46. The standard InChI is InChI=1S/C39H69BN3O3/c1-30-14-12-15-31(2)17-24-39(5,23-13-16-30)40-38(4)21-9-7-6-8-19-37(3,20-10-11-22-38)32-26-43(27-32)36(45)42-25-18-34-33(28-42)41-35(44)29-46-34/h30-34H,6-29H2,1-5H3,(H,41,44). The zero-order valence-corrected chi connectivity index (χ0v) is 30.6. The van der Waals surface area contributed by atoms with Crippen molar-refractivity contribution in [2.75, 3.05) is 32.8 Å². The molecule has 3 heterocycles. The second-order valence-electron chi connectivity index (χ2n) is 17.9. The molecule has 7 heteroatoms. The van der Waals surface area contributed by atoms with E-state index in [1.54, 1.807) is 0 Å². The minimum atomic E-state index is -0.0664. The molecule has 1 radical (unpaired) electrons. The summed E-state index contributed by atoms with van der Waals surface area (Å²) in [4.78, 5) is 29.3. The summed E-state index contributed by atoms with van der Waals surface area (Å²) < 4.78 is 5.71. The van der Waals surface area contributed by atoms with Crippen molar-refractivity contribution in [2.45, 2.75) is 179 Å². The number of hydrogen-bond acceptors (Lipinski definition) is 3. The summed E-state index contributed by atoms with van der Waals surface area (Å²) >= 11 is 0. The van der Waals surface area contributed by atoms with Crippen LogP contribution in [-0.4, -0.2) is 73.9 Å². The largest absolute Gasteiger partial charge is 0.366 e. The molecule has 2 saturated carbocycles. The van der Waals surface area contributed by atoms with Crippen LogP contribution in [0.3, 0.4) is 0 Å². The minimum Gasteiger partial charge on any atom is -0.366 e. The van der Waals surface area contributed by atoms with E-state index in [9.17, 15) is 9.59 Å². The molecule has 5 aliphatic rings. The molecule has 1 N–H and O–H groups in total. The van der Waals surface area contributed by atoms with Crippen LogP contribution in [0.4, 0.5) is 4.79 Å². The first-order valence-corrected chi connectivity index (χ1v) is 19.8. The van der Waals surface area contributed by atoms with Gasteiger partial charge in [-0.25, -0.2) is 4.79 Å². The Hall–Kier alpha value is -1.24. The van der Waals surface area contributed by atoms with E-state index in [1.165, 1.54) is 116 Å². The number of nitrogens with zero attached hydrogens (tertiary/aromatic N) is 2. The van der Waals surface area contributed by atoms with E-state index in [-0.39, 0.29) is 30.7 Å². The SMILES string of the molecule is CC1CCCC(C)CCC(C)([B]C2(C)CCCCCCC(C)(C3CN(C(=O)N4CCC5OCC(=O)NC5C4)C3)CCCC2)CCC1. The molecule has 261 valence electrons. The van der Waals surface area contributed by atoms with Gasteiger partial charge in [-0.2, -0.15) is 0 Å². The Kier molecular flexibility index (Phi) is 12.5. The van der Waals surface area contributed by atoms with Crippen molar-refractivity contribution in [1.29, 1.82) is 0 Å². The summed E-state index contributed by atoms with van der Waals surface area (Å²) in [6, 6.07) is 0.0920. The second-order valence-corrected chi connectivity index (χ2v) is 17.9. The molecule has 7 unspecified atom stereocenters. The third-order valence-electron chi connectivity index (χ3n) is 13.5. The lowest BCUT2D eigenvalue weighted by atomic mass is 9.35. The maximum atomic E-state index is 13.5. The van der Waals surface area contributed by atoms with Crippen molar-refractivity contribution < 1.29 is 14.3 Å². The highest BCUT2D eigenvalue weighted by molar-refractivity contribution is 6.44. The molecule has 3 saturated heterocycles. The van der Waals surface area contributed by atoms with Crippen molar-refractivity contribution in [3.05, 3.63) is 0 Å². The van der Waals surface area contributed by atoms with E-state index in [0.717, 1.165) is 37.9 Å². The predicted molar refractivity (Wildman–Crippen MR) is 190 cm³/mol. The number of rotatable bonds is 3. The number of likely N-dealkylation sites (tertiary alicyclic amines) is 2. The fourth-order valence-electron chi connectivity index (χ4n) is 10.1. The van der Waals surface area contributed by atoms with Gasteiger partial charge in [-0.1, -0.05) is 148 Å². The van der Waals surface area contributed by atoms with E-state index >= 15 is 0 Å². The van der Waals surface area contributed by atoms with Gasteiger partial charge in [0.15, 0.2) is 0 Å². The first-order chi connectivity index (χ1) is 22.0. The first-order valence-electron chi connectivity index (χ1n) is 19.8. The van der Waals surface area contributed by atoms with Gasteiger partial charge in [0.05, 0.1) is 12.1 Å². The molecular weight excluding hydrogens is 569 g/mol. The Morgan fingerprint density at radius 2 is 1.30 bits per heavy atom. The van der Waals surface area contributed by atoms with Crippen molar-refractivity contribution in [1.82, 2.24) is 15.1 Å². The lowest BCUT2D eigenvalue weighted by Gasteiger charge is -2.52. The van der Waals surface area contributed by atoms with Crippen molar-refractivity contribution in [3.63, 3.8) is 0 Å². The number of morpholine rings is 1. The average molecular weight is 639 g/mol. The molecule has 0 bridgehead atoms. The topological polar surface area (TPSA) is 61.9 Å². The molecule has 2 aliphatic carbocycles. The summed E-state index contributed by atoms with van der Waals surface area (Å²) in [6.07, 6.45) is 25.3. The van der Waals surface area contributed by atoms with Gasteiger partial charge in [-0.15, -0.1) is 0 Å². The van der Waals surface area contributed by atoms with Crippen LogP contribution in [0.1, 0.15) is 157 Å². The Morgan fingerprint density at radius 1 is 0.717 bits per heavy atom. The van der Waals surface area contributed by atoms with Crippen LogP contribution in [0.25, 0.3) is 0 Å². The molecule has 3 amide bonds. The van der Waals surface area contributed by atoms with Crippen molar-refractivity contribution in [3.8, 4) is 0 Å². The number of amides is 3. The number of nitrogens with one attached hydrogen (secondary N) is 1. The number of ether oxygens (including phenoxy) is 1. The molecule has 5 rings (SSSR count). The van der Waals surface area contributed by atoms with Gasteiger partial charge in [-0.05, 0) is 42.4 Å². The van der Waals surface area contributed by atoms with E-state index in [2.05, 4.69) is 52.1 Å². The molecule has 3 aliphatic heterocycles. The van der Waals surface area contributed by atoms with Crippen LogP contribution >= 0.6 is 0 Å². The monoisotopic (exact) mass is 639 g/mol. The highest BCUT2D eigenvalue weighted by atomic mass is 16.5. The number of fused-ring (bicyclic) bond motifs is 1. The fourth-order valence-corrected chi connectivity index (χ4v) is 10.1. The van der Waals surface area contributed by atoms with Crippen LogP contribution in [-0.2, 0) is 9.53 Å². The maximum absolute atomic E-state index is 13.5. The number of urea groups is 1. The van der Waals surface area contributed by atoms with Crippen molar-refractivity contribution in [2.24, 2.45) is 23.2 Å². The normalized spacial score (nSPS) is 39.8. The first kappa shape index (κ1) is 36.1. The van der Waals surface area contributed by atoms with Crippen LogP contribution < -0.4 is 5.32 Å². The average Bonchev–Trinajstić information content (AvgIpc) is 3.00. The summed E-state index contributed by atoms with van der Waals surface area (Å²) in [5.74, 6) is 2.28. The quantitative estimate of drug-likeness (QED) is 0.314. The zero-order chi connectivity index (χ0) is 32.8. The van der Waals surface area contributed by atoms with Gasteiger partial charge < -0.3 is 19.9 Å². The maximum Gasteiger partial charge on any atom is 0.320 e. The Balaban J connectivity index is 1.13. The third kappa shape index (κ3) is 9.68. The molecular formula is C39H69BN3O3. The third-order valence-corrected chi connectivity index (χ3v) is 13.5. The van der Waals surface area contributed by atoms with E-state index in [4.69, 9.17) is 4.74 Å². The summed E-state index contributed by atoms with van der Waals surface area (Å²) in [7, 11) is 2.91. The molecule has 5 fully saturated rings. The molecule has 46 heavy (non-hydrogen) atoms. The minimum absolute atomic E-state index is 0.0475. The Labute approximate surface area is 283 Å². The van der Waals surface area contributed by atoms with Crippen molar-refractivity contribution >= 4 is 19.2 Å². The van der Waals surface area contributed by atoms with Gasteiger partial charge >= 0.3 is 6.03 Å². The molecule has 0 aromatic carbocycles. The van der Waals surface area contributed by atoms with Gasteiger partial charge in [0, 0.05) is 26.2 Å². The number of hydrogen-bond donors (Lipinski definition) is 1. The van der Waals surface area contributed by atoms with E-state index < -0.39 is 0 Å². The van der Waals surface area contributed by atoms with E-state index in [0.29, 0.717) is 28.5 Å². The lowest BCUT2D eigenvalue weighted by molar-refractivity contribution is -0.139. The number of piperidine rings is 1. The van der Waals surface area contributed by atoms with Crippen LogP contribution in [0.15, 0.2) is 0 Å². The molecule has 0 spiro atoms. The number of carbonyl (C=O) groups is 2. The number of carbonyl (C=O) groups excluding carboxylic acids is 2. The fraction of sp³-hybridized carbons (Fsp3) is 0.949. The van der Waals surface area contributed by atoms with Crippen LogP contribution in [0.2, 0.25) is 10.6 Å². The van der Waals surface area contributed by atoms with Gasteiger partial charge in [0.2, 0.25) is 5.91 Å². The van der Waals surface area contributed by atoms with Gasteiger partial charge in [0.25, 0.3) is 0 Å². The molecule has 6 nitrogen and oxygen atoms in total. The smallest absolute Gasteiger partial charge is 0.320 e. The Morgan fingerprint density at radius 3 is 2.04 bits per heavy atom. The predicted octanol–water partition coefficient (Wildman–Crippen LogP) is 9.02. The molecule has 0 aromatic heterocycles. The van der Waals surface area contributed by atoms with Crippen LogP contribution in [0.5, 0.6) is 0 Å². The summed E-state index contributed by atoms with van der Waals surface area (Å²) in [5.41, 5.74) is 0.321. The summed E-state index contributed by atoms with van der Waals surface area (Å²) in [6.45, 7) is 16.0. The highest BCUT2D eigenvalue weighted by Crippen LogP contribution is 2.51.